The van der Waals surface area contributed by atoms with Crippen molar-refractivity contribution in [3.63, 3.8) is 0 Å². The fourth-order valence-corrected chi connectivity index (χ4v) is 2.04. The summed E-state index contributed by atoms with van der Waals surface area (Å²) in [5.74, 6) is 0.867. The molecule has 0 aliphatic heterocycles. The lowest BCUT2D eigenvalue weighted by molar-refractivity contribution is 0.416. The van der Waals surface area contributed by atoms with Gasteiger partial charge in [-0.05, 0) is 37.6 Å². The van der Waals surface area contributed by atoms with Crippen LogP contribution in [-0.4, -0.2) is 23.4 Å². The van der Waals surface area contributed by atoms with Crippen LogP contribution in [0.15, 0.2) is 30.3 Å². The molecule has 1 aromatic heterocycles. The van der Waals surface area contributed by atoms with E-state index >= 15 is 0 Å². The molecule has 18 heavy (non-hydrogen) atoms. The standard InChI is InChI=1S/C14H19N3O/c1-17-13(10-11(16-17)6-5-9-15)12-7-3-4-8-14(12)18-2/h3-4,7-8,10H,5-6,9,15H2,1-2H3. The molecule has 1 heterocycles. The second-order valence-corrected chi connectivity index (χ2v) is 4.24. The van der Waals surface area contributed by atoms with E-state index in [0.29, 0.717) is 6.54 Å². The van der Waals surface area contributed by atoms with Crippen molar-refractivity contribution in [2.24, 2.45) is 12.8 Å². The highest BCUT2D eigenvalue weighted by Crippen LogP contribution is 2.29. The molecular formula is C14H19N3O. The van der Waals surface area contributed by atoms with E-state index in [4.69, 9.17) is 10.5 Å². The molecule has 0 bridgehead atoms. The predicted molar refractivity (Wildman–Crippen MR) is 72.6 cm³/mol. The highest BCUT2D eigenvalue weighted by molar-refractivity contribution is 5.67. The third kappa shape index (κ3) is 2.54. The first-order valence-corrected chi connectivity index (χ1v) is 6.12. The van der Waals surface area contributed by atoms with E-state index in [2.05, 4.69) is 11.2 Å². The first-order chi connectivity index (χ1) is 8.76. The number of nitrogens with two attached hydrogens (primary N) is 1. The van der Waals surface area contributed by atoms with Crippen LogP contribution in [-0.2, 0) is 13.5 Å². The number of hydrogen-bond donors (Lipinski definition) is 1. The van der Waals surface area contributed by atoms with Gasteiger partial charge in [-0.2, -0.15) is 5.10 Å². The molecule has 2 rings (SSSR count). The van der Waals surface area contributed by atoms with Crippen LogP contribution in [0.25, 0.3) is 11.3 Å². The van der Waals surface area contributed by atoms with E-state index in [-0.39, 0.29) is 0 Å². The summed E-state index contributed by atoms with van der Waals surface area (Å²) in [6.45, 7) is 0.695. The van der Waals surface area contributed by atoms with Gasteiger partial charge in [0.1, 0.15) is 5.75 Å². The Bertz CT molecular complexity index is 520. The van der Waals surface area contributed by atoms with Crippen LogP contribution in [0.1, 0.15) is 12.1 Å². The molecule has 0 aliphatic carbocycles. The van der Waals surface area contributed by atoms with Gasteiger partial charge in [0.2, 0.25) is 0 Å². The molecule has 0 unspecified atom stereocenters. The fourth-order valence-electron chi connectivity index (χ4n) is 2.04. The lowest BCUT2D eigenvalue weighted by Crippen LogP contribution is -2.01. The molecule has 2 aromatic rings. The van der Waals surface area contributed by atoms with Gasteiger partial charge >= 0.3 is 0 Å². The molecule has 2 N–H and O–H groups in total. The van der Waals surface area contributed by atoms with Gasteiger partial charge in [0.25, 0.3) is 0 Å². The topological polar surface area (TPSA) is 53.1 Å². The average Bonchev–Trinajstić information content (AvgIpc) is 2.77. The third-order valence-corrected chi connectivity index (χ3v) is 2.95. The van der Waals surface area contributed by atoms with Crippen molar-refractivity contribution < 1.29 is 4.74 Å². The van der Waals surface area contributed by atoms with E-state index in [1.54, 1.807) is 7.11 Å². The van der Waals surface area contributed by atoms with E-state index in [1.807, 2.05) is 36.0 Å². The number of aromatic nitrogens is 2. The monoisotopic (exact) mass is 245 g/mol. The maximum Gasteiger partial charge on any atom is 0.128 e. The summed E-state index contributed by atoms with van der Waals surface area (Å²) in [7, 11) is 3.64. The molecule has 96 valence electrons. The number of aryl methyl sites for hydroxylation is 2. The summed E-state index contributed by atoms with van der Waals surface area (Å²) in [5, 5.41) is 4.51. The average molecular weight is 245 g/mol. The van der Waals surface area contributed by atoms with Crippen molar-refractivity contribution in [2.75, 3.05) is 13.7 Å². The molecule has 0 radical (unpaired) electrons. The molecule has 0 spiro atoms. The van der Waals surface area contributed by atoms with Crippen LogP contribution in [0, 0.1) is 0 Å². The van der Waals surface area contributed by atoms with Crippen molar-refractivity contribution in [2.45, 2.75) is 12.8 Å². The van der Waals surface area contributed by atoms with Crippen molar-refractivity contribution in [3.8, 4) is 17.0 Å². The van der Waals surface area contributed by atoms with Crippen LogP contribution >= 0.6 is 0 Å². The van der Waals surface area contributed by atoms with Crippen LogP contribution in [0.5, 0.6) is 5.75 Å². The Labute approximate surface area is 107 Å². The van der Waals surface area contributed by atoms with Gasteiger partial charge in [-0.15, -0.1) is 0 Å². The summed E-state index contributed by atoms with van der Waals surface area (Å²) in [6.07, 6.45) is 1.88. The highest BCUT2D eigenvalue weighted by Gasteiger charge is 2.11. The van der Waals surface area contributed by atoms with Gasteiger partial charge in [0, 0.05) is 12.6 Å². The molecular weight excluding hydrogens is 226 g/mol. The van der Waals surface area contributed by atoms with Crippen molar-refractivity contribution in [1.29, 1.82) is 0 Å². The lowest BCUT2D eigenvalue weighted by atomic mass is 10.1. The zero-order chi connectivity index (χ0) is 13.0. The molecule has 0 amide bonds. The molecule has 4 heteroatoms. The van der Waals surface area contributed by atoms with Crippen molar-refractivity contribution >= 4 is 0 Å². The smallest absolute Gasteiger partial charge is 0.128 e. The zero-order valence-electron chi connectivity index (χ0n) is 10.9. The molecule has 0 aliphatic rings. The predicted octanol–water partition coefficient (Wildman–Crippen LogP) is 1.99. The molecule has 0 saturated carbocycles. The van der Waals surface area contributed by atoms with Crippen LogP contribution < -0.4 is 10.5 Å². The number of nitrogens with zero attached hydrogens (tertiary/aromatic N) is 2. The summed E-state index contributed by atoms with van der Waals surface area (Å²) in [6, 6.07) is 10.1. The van der Waals surface area contributed by atoms with Gasteiger partial charge in [0.15, 0.2) is 0 Å². The van der Waals surface area contributed by atoms with Gasteiger partial charge in [-0.25, -0.2) is 0 Å². The Morgan fingerprint density at radius 1 is 1.33 bits per heavy atom. The molecule has 0 atom stereocenters. The second-order valence-electron chi connectivity index (χ2n) is 4.24. The van der Waals surface area contributed by atoms with Gasteiger partial charge < -0.3 is 10.5 Å². The maximum atomic E-state index is 5.52. The largest absolute Gasteiger partial charge is 0.496 e. The van der Waals surface area contributed by atoms with Crippen LogP contribution in [0.4, 0.5) is 0 Å². The Hall–Kier alpha value is -1.81. The summed E-state index contributed by atoms with van der Waals surface area (Å²) < 4.78 is 7.28. The quantitative estimate of drug-likeness (QED) is 0.876. The van der Waals surface area contributed by atoms with Crippen molar-refractivity contribution in [1.82, 2.24) is 9.78 Å². The number of benzene rings is 1. The third-order valence-electron chi connectivity index (χ3n) is 2.95. The summed E-state index contributed by atoms with van der Waals surface area (Å²) in [5.41, 5.74) is 8.73. The highest BCUT2D eigenvalue weighted by atomic mass is 16.5. The van der Waals surface area contributed by atoms with Crippen LogP contribution in [0.2, 0.25) is 0 Å². The van der Waals surface area contributed by atoms with Gasteiger partial charge in [-0.3, -0.25) is 4.68 Å². The van der Waals surface area contributed by atoms with Gasteiger partial charge in [0.05, 0.1) is 18.5 Å². The Morgan fingerprint density at radius 2 is 2.11 bits per heavy atom. The molecule has 0 saturated heterocycles. The summed E-state index contributed by atoms with van der Waals surface area (Å²) >= 11 is 0. The summed E-state index contributed by atoms with van der Waals surface area (Å²) in [4.78, 5) is 0. The minimum absolute atomic E-state index is 0.695. The normalized spacial score (nSPS) is 10.6. The number of rotatable bonds is 5. The Kier molecular flexibility index (Phi) is 3.99. The minimum Gasteiger partial charge on any atom is -0.496 e. The van der Waals surface area contributed by atoms with E-state index in [1.165, 1.54) is 0 Å². The minimum atomic E-state index is 0.695. The lowest BCUT2D eigenvalue weighted by Gasteiger charge is -2.07. The Morgan fingerprint density at radius 3 is 2.83 bits per heavy atom. The number of ether oxygens (including phenoxy) is 1. The number of methoxy groups -OCH3 is 1. The van der Waals surface area contributed by atoms with Gasteiger partial charge in [-0.1, -0.05) is 12.1 Å². The fraction of sp³-hybridized carbons (Fsp3) is 0.357. The Balaban J connectivity index is 2.35. The second kappa shape index (κ2) is 5.69. The van der Waals surface area contributed by atoms with E-state index < -0.39 is 0 Å². The number of para-hydroxylation sites is 1. The molecule has 1 aromatic carbocycles. The SMILES string of the molecule is COc1ccccc1-c1cc(CCCN)nn1C. The maximum absolute atomic E-state index is 5.52. The molecule has 0 fully saturated rings. The van der Waals surface area contributed by atoms with Crippen molar-refractivity contribution in [3.05, 3.63) is 36.0 Å². The van der Waals surface area contributed by atoms with Crippen LogP contribution in [0.3, 0.4) is 0 Å². The van der Waals surface area contributed by atoms with E-state index in [9.17, 15) is 0 Å². The number of hydrogen-bond acceptors (Lipinski definition) is 3. The first-order valence-electron chi connectivity index (χ1n) is 6.12. The zero-order valence-corrected chi connectivity index (χ0v) is 10.9. The molecule has 4 nitrogen and oxygen atoms in total. The first kappa shape index (κ1) is 12.6. The van der Waals surface area contributed by atoms with E-state index in [0.717, 1.165) is 35.5 Å².